The van der Waals surface area contributed by atoms with Crippen LogP contribution in [-0.2, 0) is 33.2 Å². The molecule has 20 heavy (non-hydrogen) atoms. The molecule has 0 radical (unpaired) electrons. The fraction of sp³-hybridized carbons (Fsp3) is 0.923. The van der Waals surface area contributed by atoms with Crippen molar-refractivity contribution in [1.29, 1.82) is 0 Å². The number of rotatable bonds is 7. The van der Waals surface area contributed by atoms with Gasteiger partial charge in [-0.2, -0.15) is 0 Å². The number of hydrogen-bond acceptors (Lipinski definition) is 7. The Bertz CT molecular complexity index is 318. The SMILES string of the molecule is COC(=O)[C@@H](OC)[C@H](OC)[C@H](OC)[C@@H]1COC(C)(C)O1. The number of carbonyl (C=O) groups is 1. The van der Waals surface area contributed by atoms with Crippen molar-refractivity contribution in [3.63, 3.8) is 0 Å². The summed E-state index contributed by atoms with van der Waals surface area (Å²) < 4.78 is 32.0. The normalized spacial score (nSPS) is 26.0. The minimum absolute atomic E-state index is 0.350. The molecule has 4 atom stereocenters. The Hall–Kier alpha value is -0.730. The van der Waals surface area contributed by atoms with Crippen LogP contribution in [0.25, 0.3) is 0 Å². The van der Waals surface area contributed by atoms with Gasteiger partial charge in [0.2, 0.25) is 0 Å². The van der Waals surface area contributed by atoms with Crippen LogP contribution in [0.1, 0.15) is 13.8 Å². The highest BCUT2D eigenvalue weighted by Gasteiger charge is 2.45. The second-order valence-corrected chi connectivity index (χ2v) is 4.95. The van der Waals surface area contributed by atoms with Crippen LogP contribution in [0, 0.1) is 0 Å². The molecule has 0 saturated carbocycles. The van der Waals surface area contributed by atoms with E-state index in [1.165, 1.54) is 28.4 Å². The lowest BCUT2D eigenvalue weighted by Gasteiger charge is -2.32. The standard InChI is InChI=1S/C13H24O7/c1-13(2)19-7-8(20-13)9(15-3)10(16-4)11(17-5)12(14)18-6/h8-11H,7H2,1-6H3/t8-,9+,10+,11-/m0/s1. The summed E-state index contributed by atoms with van der Waals surface area (Å²) >= 11 is 0. The van der Waals surface area contributed by atoms with Crippen molar-refractivity contribution in [2.45, 2.75) is 44.1 Å². The van der Waals surface area contributed by atoms with E-state index in [1.807, 2.05) is 13.8 Å². The topological polar surface area (TPSA) is 72.5 Å². The molecule has 1 aliphatic rings. The molecule has 0 aliphatic carbocycles. The van der Waals surface area contributed by atoms with Gasteiger partial charge in [-0.25, -0.2) is 4.79 Å². The molecule has 1 fully saturated rings. The van der Waals surface area contributed by atoms with E-state index in [2.05, 4.69) is 0 Å². The molecule has 0 bridgehead atoms. The highest BCUT2D eigenvalue weighted by molar-refractivity contribution is 5.75. The Labute approximate surface area is 119 Å². The lowest BCUT2D eigenvalue weighted by molar-refractivity contribution is -0.190. The Kier molecular flexibility index (Phi) is 6.35. The Balaban J connectivity index is 2.86. The van der Waals surface area contributed by atoms with Gasteiger partial charge in [0.15, 0.2) is 11.9 Å². The summed E-state index contributed by atoms with van der Waals surface area (Å²) in [7, 11) is 5.71. The summed E-state index contributed by atoms with van der Waals surface area (Å²) in [4.78, 5) is 11.8. The lowest BCUT2D eigenvalue weighted by atomic mass is 10.0. The number of esters is 1. The molecule has 0 N–H and O–H groups in total. The average Bonchev–Trinajstić information content (AvgIpc) is 2.78. The van der Waals surface area contributed by atoms with Crippen LogP contribution in [-0.4, -0.2) is 71.2 Å². The third-order valence-corrected chi connectivity index (χ3v) is 3.25. The van der Waals surface area contributed by atoms with Gasteiger partial charge in [-0.1, -0.05) is 0 Å². The molecular weight excluding hydrogens is 268 g/mol. The van der Waals surface area contributed by atoms with Gasteiger partial charge in [-0.15, -0.1) is 0 Å². The predicted molar refractivity (Wildman–Crippen MR) is 69.3 cm³/mol. The van der Waals surface area contributed by atoms with Gasteiger partial charge < -0.3 is 28.4 Å². The van der Waals surface area contributed by atoms with Crippen molar-refractivity contribution in [2.75, 3.05) is 35.0 Å². The first-order valence-corrected chi connectivity index (χ1v) is 6.38. The maximum Gasteiger partial charge on any atom is 0.337 e. The maximum absolute atomic E-state index is 11.8. The number of methoxy groups -OCH3 is 4. The van der Waals surface area contributed by atoms with E-state index >= 15 is 0 Å². The number of carbonyl (C=O) groups excluding carboxylic acids is 1. The first-order valence-electron chi connectivity index (χ1n) is 6.38. The minimum atomic E-state index is -0.901. The molecule has 1 aliphatic heterocycles. The van der Waals surface area contributed by atoms with E-state index in [9.17, 15) is 4.79 Å². The summed E-state index contributed by atoms with van der Waals surface area (Å²) in [5.41, 5.74) is 0. The van der Waals surface area contributed by atoms with Crippen molar-refractivity contribution in [3.8, 4) is 0 Å². The summed E-state index contributed by atoms with van der Waals surface area (Å²) in [5, 5.41) is 0. The molecule has 0 aromatic carbocycles. The maximum atomic E-state index is 11.8. The van der Waals surface area contributed by atoms with Crippen LogP contribution in [0.2, 0.25) is 0 Å². The zero-order valence-electron chi connectivity index (χ0n) is 12.9. The van der Waals surface area contributed by atoms with Gasteiger partial charge in [0, 0.05) is 21.3 Å². The highest BCUT2D eigenvalue weighted by Crippen LogP contribution is 2.28. The highest BCUT2D eigenvalue weighted by atomic mass is 16.8. The fourth-order valence-electron chi connectivity index (χ4n) is 2.29. The third-order valence-electron chi connectivity index (χ3n) is 3.25. The van der Waals surface area contributed by atoms with Crippen molar-refractivity contribution in [2.24, 2.45) is 0 Å². The van der Waals surface area contributed by atoms with Crippen LogP contribution in [0.15, 0.2) is 0 Å². The second-order valence-electron chi connectivity index (χ2n) is 4.95. The van der Waals surface area contributed by atoms with E-state index in [4.69, 9.17) is 28.4 Å². The van der Waals surface area contributed by atoms with Crippen LogP contribution < -0.4 is 0 Å². The molecule has 118 valence electrons. The molecule has 0 spiro atoms. The lowest BCUT2D eigenvalue weighted by Crippen LogP contribution is -2.51. The van der Waals surface area contributed by atoms with Crippen LogP contribution >= 0.6 is 0 Å². The molecule has 1 saturated heterocycles. The minimum Gasteiger partial charge on any atom is -0.467 e. The third kappa shape index (κ3) is 3.89. The van der Waals surface area contributed by atoms with E-state index in [0.29, 0.717) is 6.61 Å². The zero-order chi connectivity index (χ0) is 15.3. The molecular formula is C13H24O7. The molecule has 0 aromatic rings. The van der Waals surface area contributed by atoms with Gasteiger partial charge in [-0.05, 0) is 13.8 Å². The van der Waals surface area contributed by atoms with Gasteiger partial charge in [0.1, 0.15) is 18.3 Å². The van der Waals surface area contributed by atoms with E-state index in [1.54, 1.807) is 0 Å². The monoisotopic (exact) mass is 292 g/mol. The second kappa shape index (κ2) is 7.33. The average molecular weight is 292 g/mol. The molecule has 1 rings (SSSR count). The van der Waals surface area contributed by atoms with Gasteiger partial charge in [-0.3, -0.25) is 0 Å². The fourth-order valence-corrected chi connectivity index (χ4v) is 2.29. The molecule has 1 heterocycles. The molecule has 0 aromatic heterocycles. The van der Waals surface area contributed by atoms with Gasteiger partial charge in [0.25, 0.3) is 0 Å². The van der Waals surface area contributed by atoms with E-state index in [0.717, 1.165) is 0 Å². The summed E-state index contributed by atoms with van der Waals surface area (Å²) in [6.07, 6.45) is -2.45. The number of hydrogen-bond donors (Lipinski definition) is 0. The predicted octanol–water partition coefficient (Wildman–Crippen LogP) is 0.356. The van der Waals surface area contributed by atoms with Crippen molar-refractivity contribution >= 4 is 5.97 Å². The van der Waals surface area contributed by atoms with Gasteiger partial charge in [0.05, 0.1) is 13.7 Å². The van der Waals surface area contributed by atoms with Crippen LogP contribution in [0.4, 0.5) is 0 Å². The van der Waals surface area contributed by atoms with E-state index < -0.39 is 30.1 Å². The molecule has 7 heteroatoms. The Morgan fingerprint density at radius 3 is 2.15 bits per heavy atom. The van der Waals surface area contributed by atoms with E-state index in [-0.39, 0.29) is 6.10 Å². The Morgan fingerprint density at radius 2 is 1.80 bits per heavy atom. The van der Waals surface area contributed by atoms with Crippen LogP contribution in [0.5, 0.6) is 0 Å². The van der Waals surface area contributed by atoms with Crippen molar-refractivity contribution in [1.82, 2.24) is 0 Å². The summed E-state index contributed by atoms with van der Waals surface area (Å²) in [6.45, 7) is 3.98. The summed E-state index contributed by atoms with van der Waals surface area (Å²) in [5.74, 6) is -1.22. The smallest absolute Gasteiger partial charge is 0.337 e. The summed E-state index contributed by atoms with van der Waals surface area (Å²) in [6, 6.07) is 0. The first kappa shape index (κ1) is 17.3. The van der Waals surface area contributed by atoms with Crippen LogP contribution in [0.3, 0.4) is 0 Å². The molecule has 0 amide bonds. The zero-order valence-corrected chi connectivity index (χ0v) is 12.9. The first-order chi connectivity index (χ1) is 9.40. The Morgan fingerprint density at radius 1 is 1.15 bits per heavy atom. The molecule has 0 unspecified atom stereocenters. The number of ether oxygens (including phenoxy) is 6. The van der Waals surface area contributed by atoms with Crippen molar-refractivity contribution < 1.29 is 33.2 Å². The molecule has 7 nitrogen and oxygen atoms in total. The van der Waals surface area contributed by atoms with Gasteiger partial charge >= 0.3 is 5.97 Å². The van der Waals surface area contributed by atoms with Crippen molar-refractivity contribution in [3.05, 3.63) is 0 Å². The largest absolute Gasteiger partial charge is 0.467 e. The quantitative estimate of drug-likeness (QED) is 0.627.